The minimum atomic E-state index is -0.928. The van der Waals surface area contributed by atoms with Crippen molar-refractivity contribution in [3.8, 4) is 5.75 Å². The molecule has 0 spiro atoms. The summed E-state index contributed by atoms with van der Waals surface area (Å²) < 4.78 is 5.39. The summed E-state index contributed by atoms with van der Waals surface area (Å²) in [5.74, 6) is 2.94. The Kier molecular flexibility index (Phi) is 6.18. The maximum Gasteiger partial charge on any atom is 0.328 e. The van der Waals surface area contributed by atoms with Crippen LogP contribution in [0.5, 0.6) is 5.75 Å². The Morgan fingerprint density at radius 1 is 1.43 bits per heavy atom. The van der Waals surface area contributed by atoms with Gasteiger partial charge in [-0.05, 0) is 48.3 Å². The van der Waals surface area contributed by atoms with Gasteiger partial charge in [-0.15, -0.1) is 0 Å². The van der Waals surface area contributed by atoms with E-state index in [1.807, 2.05) is 30.0 Å². The molecule has 0 saturated heterocycles. The average Bonchev–Trinajstić information content (AvgIpc) is 2.98. The van der Waals surface area contributed by atoms with Crippen molar-refractivity contribution in [3.63, 3.8) is 0 Å². The van der Waals surface area contributed by atoms with Gasteiger partial charge in [0.2, 0.25) is 0 Å². The number of benzene rings is 1. The Morgan fingerprint density at radius 2 is 2.19 bits per heavy atom. The third kappa shape index (κ3) is 5.12. The highest BCUT2D eigenvalue weighted by molar-refractivity contribution is 7.98. The van der Waals surface area contributed by atoms with Crippen molar-refractivity contribution < 1.29 is 14.6 Å². The molecule has 2 rings (SSSR count). The monoisotopic (exact) mass is 306 g/mol. The summed E-state index contributed by atoms with van der Waals surface area (Å²) in [5.41, 5.74) is 2.03. The number of hydrogen-bond acceptors (Lipinski definition) is 3. The van der Waals surface area contributed by atoms with Crippen molar-refractivity contribution in [2.45, 2.75) is 31.4 Å². The predicted octanol–water partition coefficient (Wildman–Crippen LogP) is 4.22. The van der Waals surface area contributed by atoms with Crippen LogP contribution in [0, 0.1) is 5.92 Å². The second kappa shape index (κ2) is 8.13. The number of thioether (sulfide) groups is 1. The normalized spacial score (nSPS) is 15.7. The molecule has 3 nitrogen and oxygen atoms in total. The van der Waals surface area contributed by atoms with Gasteiger partial charge >= 0.3 is 5.97 Å². The Bertz CT molecular complexity index is 505. The van der Waals surface area contributed by atoms with Gasteiger partial charge in [-0.25, -0.2) is 4.79 Å². The number of carboxylic acid groups (broad SMARTS) is 1. The lowest BCUT2D eigenvalue weighted by Crippen LogP contribution is -1.98. The van der Waals surface area contributed by atoms with E-state index in [2.05, 4.69) is 0 Å². The summed E-state index contributed by atoms with van der Waals surface area (Å²) in [5, 5.41) is 8.69. The molecule has 0 amide bonds. The molecule has 1 aliphatic rings. The van der Waals surface area contributed by atoms with E-state index < -0.39 is 5.97 Å². The van der Waals surface area contributed by atoms with Crippen LogP contribution in [-0.4, -0.2) is 23.9 Å². The highest BCUT2D eigenvalue weighted by Crippen LogP contribution is 2.31. The Hall–Kier alpha value is -1.42. The molecule has 4 heteroatoms. The van der Waals surface area contributed by atoms with E-state index in [4.69, 9.17) is 9.84 Å². The lowest BCUT2D eigenvalue weighted by Gasteiger charge is -2.11. The number of carboxylic acids is 1. The SMILES string of the molecule is COc1ccc(C=CC(=O)O)cc1CSCC1CCCC1. The van der Waals surface area contributed by atoms with E-state index in [-0.39, 0.29) is 0 Å². The van der Waals surface area contributed by atoms with E-state index in [9.17, 15) is 4.79 Å². The van der Waals surface area contributed by atoms with Crippen LogP contribution in [0.4, 0.5) is 0 Å². The van der Waals surface area contributed by atoms with Crippen molar-refractivity contribution in [1.82, 2.24) is 0 Å². The first kappa shape index (κ1) is 16.0. The van der Waals surface area contributed by atoms with Crippen LogP contribution in [0.15, 0.2) is 24.3 Å². The number of rotatable bonds is 7. The van der Waals surface area contributed by atoms with Crippen LogP contribution in [-0.2, 0) is 10.5 Å². The average molecular weight is 306 g/mol. The second-order valence-corrected chi connectivity index (χ2v) is 6.44. The third-order valence-corrected chi connectivity index (χ3v) is 5.03. The van der Waals surface area contributed by atoms with E-state index in [0.29, 0.717) is 0 Å². The Labute approximate surface area is 130 Å². The predicted molar refractivity (Wildman–Crippen MR) is 87.8 cm³/mol. The zero-order valence-electron chi connectivity index (χ0n) is 12.4. The number of methoxy groups -OCH3 is 1. The molecule has 0 aliphatic heterocycles. The highest BCUT2D eigenvalue weighted by atomic mass is 32.2. The van der Waals surface area contributed by atoms with Gasteiger partial charge < -0.3 is 9.84 Å². The van der Waals surface area contributed by atoms with E-state index in [1.54, 1.807) is 13.2 Å². The van der Waals surface area contributed by atoms with Crippen molar-refractivity contribution in [1.29, 1.82) is 0 Å². The third-order valence-electron chi connectivity index (χ3n) is 3.81. The first-order valence-electron chi connectivity index (χ1n) is 7.34. The van der Waals surface area contributed by atoms with Crippen molar-refractivity contribution in [2.75, 3.05) is 12.9 Å². The number of carbonyl (C=O) groups is 1. The number of aliphatic carboxylic acids is 1. The fourth-order valence-electron chi connectivity index (χ4n) is 2.70. The molecular formula is C17H22O3S. The Morgan fingerprint density at radius 3 is 2.86 bits per heavy atom. The van der Waals surface area contributed by atoms with Gasteiger partial charge in [0.1, 0.15) is 5.75 Å². The second-order valence-electron chi connectivity index (χ2n) is 5.41. The van der Waals surface area contributed by atoms with Gasteiger partial charge in [0, 0.05) is 17.4 Å². The van der Waals surface area contributed by atoms with E-state index >= 15 is 0 Å². The minimum absolute atomic E-state index is 0.871. The summed E-state index contributed by atoms with van der Waals surface area (Å²) in [6, 6.07) is 5.80. The van der Waals surface area contributed by atoms with Gasteiger partial charge in [0.15, 0.2) is 0 Å². The number of ether oxygens (including phenoxy) is 1. The number of hydrogen-bond donors (Lipinski definition) is 1. The topological polar surface area (TPSA) is 46.5 Å². The molecule has 0 atom stereocenters. The molecule has 1 aromatic carbocycles. The molecule has 1 N–H and O–H groups in total. The van der Waals surface area contributed by atoms with Crippen LogP contribution in [0.3, 0.4) is 0 Å². The lowest BCUT2D eigenvalue weighted by molar-refractivity contribution is -0.131. The molecule has 0 radical (unpaired) electrons. The van der Waals surface area contributed by atoms with Gasteiger partial charge in [-0.2, -0.15) is 11.8 Å². The standard InChI is InChI=1S/C17H22O3S/c1-20-16-8-6-13(7-9-17(18)19)10-15(16)12-21-11-14-4-2-3-5-14/h6-10,14H,2-5,11-12H2,1H3,(H,18,19). The van der Waals surface area contributed by atoms with Crippen LogP contribution in [0.2, 0.25) is 0 Å². The summed E-state index contributed by atoms with van der Waals surface area (Å²) in [6.45, 7) is 0. The van der Waals surface area contributed by atoms with Gasteiger partial charge in [-0.3, -0.25) is 0 Å². The van der Waals surface area contributed by atoms with Crippen LogP contribution >= 0.6 is 11.8 Å². The highest BCUT2D eigenvalue weighted by Gasteiger charge is 2.15. The molecule has 0 unspecified atom stereocenters. The smallest absolute Gasteiger partial charge is 0.328 e. The summed E-state index contributed by atoms with van der Waals surface area (Å²) in [6.07, 6.45) is 8.27. The lowest BCUT2D eigenvalue weighted by atomic mass is 10.1. The zero-order valence-corrected chi connectivity index (χ0v) is 13.2. The van der Waals surface area contributed by atoms with Crippen molar-refractivity contribution in [2.24, 2.45) is 5.92 Å². The zero-order chi connectivity index (χ0) is 15.1. The van der Waals surface area contributed by atoms with Crippen LogP contribution < -0.4 is 4.74 Å². The molecule has 1 fully saturated rings. The quantitative estimate of drug-likeness (QED) is 0.766. The van der Waals surface area contributed by atoms with Crippen LogP contribution in [0.25, 0.3) is 6.08 Å². The first-order chi connectivity index (χ1) is 10.2. The fraction of sp³-hybridized carbons (Fsp3) is 0.471. The molecular weight excluding hydrogens is 284 g/mol. The van der Waals surface area contributed by atoms with Crippen LogP contribution in [0.1, 0.15) is 36.8 Å². The van der Waals surface area contributed by atoms with E-state index in [1.165, 1.54) is 31.4 Å². The summed E-state index contributed by atoms with van der Waals surface area (Å²) >= 11 is 1.95. The van der Waals surface area contributed by atoms with Gasteiger partial charge in [0.05, 0.1) is 7.11 Å². The molecule has 0 aromatic heterocycles. The molecule has 1 aliphatic carbocycles. The molecule has 114 valence electrons. The minimum Gasteiger partial charge on any atom is -0.496 e. The maximum absolute atomic E-state index is 10.6. The first-order valence-corrected chi connectivity index (χ1v) is 8.50. The summed E-state index contributed by atoms with van der Waals surface area (Å²) in [7, 11) is 1.67. The van der Waals surface area contributed by atoms with Gasteiger partial charge in [0.25, 0.3) is 0 Å². The van der Waals surface area contributed by atoms with E-state index in [0.717, 1.165) is 34.6 Å². The van der Waals surface area contributed by atoms with Crippen molar-refractivity contribution in [3.05, 3.63) is 35.4 Å². The summed E-state index contributed by atoms with van der Waals surface area (Å²) in [4.78, 5) is 10.6. The maximum atomic E-state index is 10.6. The fourth-order valence-corrected chi connectivity index (χ4v) is 3.93. The largest absolute Gasteiger partial charge is 0.496 e. The molecule has 0 heterocycles. The molecule has 0 bridgehead atoms. The molecule has 1 saturated carbocycles. The van der Waals surface area contributed by atoms with Crippen molar-refractivity contribution >= 4 is 23.8 Å². The Balaban J connectivity index is 1.97. The van der Waals surface area contributed by atoms with Gasteiger partial charge in [-0.1, -0.05) is 18.9 Å². The molecule has 1 aromatic rings. The molecule has 21 heavy (non-hydrogen) atoms.